The minimum Gasteiger partial charge on any atom is -0.392 e. The molecule has 1 rings (SSSR count). The van der Waals surface area contributed by atoms with Gasteiger partial charge in [-0.25, -0.2) is 0 Å². The van der Waals surface area contributed by atoms with Crippen molar-refractivity contribution in [1.82, 2.24) is 4.98 Å². The highest BCUT2D eigenvalue weighted by Gasteiger charge is 2.31. The van der Waals surface area contributed by atoms with Crippen molar-refractivity contribution in [3.8, 4) is 0 Å². The van der Waals surface area contributed by atoms with Gasteiger partial charge in [0.1, 0.15) is 0 Å². The topological polar surface area (TPSA) is 33.1 Å². The molecule has 0 saturated heterocycles. The molecule has 1 N–H and O–H groups in total. The zero-order valence-corrected chi connectivity index (χ0v) is 6.89. The van der Waals surface area contributed by atoms with E-state index in [0.717, 1.165) is 12.3 Å². The van der Waals surface area contributed by atoms with Crippen molar-refractivity contribution in [2.75, 3.05) is 0 Å². The lowest BCUT2D eigenvalue weighted by Crippen LogP contribution is -2.07. The van der Waals surface area contributed by atoms with Gasteiger partial charge in [0.05, 0.1) is 12.2 Å². The number of alkyl halides is 3. The van der Waals surface area contributed by atoms with E-state index >= 15 is 0 Å². The van der Waals surface area contributed by atoms with Crippen molar-refractivity contribution in [1.29, 1.82) is 0 Å². The second-order valence-electron chi connectivity index (χ2n) is 2.62. The van der Waals surface area contributed by atoms with Crippen LogP contribution in [-0.2, 0) is 12.8 Å². The number of aromatic nitrogens is 1. The number of pyridine rings is 1. The third-order valence-electron chi connectivity index (χ3n) is 1.69. The Labute approximate surface area is 73.0 Å². The maximum Gasteiger partial charge on any atom is 0.417 e. The first-order chi connectivity index (χ1) is 5.95. The van der Waals surface area contributed by atoms with Crippen LogP contribution in [0.3, 0.4) is 0 Å². The molecule has 0 aliphatic carbocycles. The number of aryl methyl sites for hydroxylation is 1. The summed E-state index contributed by atoms with van der Waals surface area (Å²) in [6.45, 7) is 1.12. The van der Waals surface area contributed by atoms with Crippen molar-refractivity contribution < 1.29 is 18.3 Å². The fraction of sp³-hybridized carbons (Fsp3) is 0.375. The Morgan fingerprint density at radius 2 is 2.08 bits per heavy atom. The van der Waals surface area contributed by atoms with E-state index in [-0.39, 0.29) is 5.56 Å². The summed E-state index contributed by atoms with van der Waals surface area (Å²) in [5.74, 6) is 0. The van der Waals surface area contributed by atoms with Gasteiger partial charge in [0.25, 0.3) is 0 Å². The maximum atomic E-state index is 12.1. The first kappa shape index (κ1) is 9.98. The van der Waals surface area contributed by atoms with E-state index in [2.05, 4.69) is 4.98 Å². The quantitative estimate of drug-likeness (QED) is 0.735. The fourth-order valence-corrected chi connectivity index (χ4v) is 0.894. The van der Waals surface area contributed by atoms with E-state index < -0.39 is 18.3 Å². The third kappa shape index (κ3) is 2.18. The highest BCUT2D eigenvalue weighted by atomic mass is 19.4. The summed E-state index contributed by atoms with van der Waals surface area (Å²) in [5, 5.41) is 8.70. The Morgan fingerprint density at radius 3 is 2.54 bits per heavy atom. The molecule has 13 heavy (non-hydrogen) atoms. The molecule has 0 unspecified atom stereocenters. The average Bonchev–Trinajstić information content (AvgIpc) is 2.03. The summed E-state index contributed by atoms with van der Waals surface area (Å²) >= 11 is 0. The molecule has 0 fully saturated rings. The van der Waals surface area contributed by atoms with Crippen LogP contribution in [-0.4, -0.2) is 10.1 Å². The zero-order chi connectivity index (χ0) is 10.1. The predicted molar refractivity (Wildman–Crippen MR) is 39.9 cm³/mol. The van der Waals surface area contributed by atoms with Crippen LogP contribution in [0.4, 0.5) is 13.2 Å². The minimum absolute atomic E-state index is 0.204. The maximum absolute atomic E-state index is 12.1. The van der Waals surface area contributed by atoms with Crippen LogP contribution in [0.1, 0.15) is 16.8 Å². The zero-order valence-electron chi connectivity index (χ0n) is 6.89. The van der Waals surface area contributed by atoms with Crippen molar-refractivity contribution >= 4 is 0 Å². The minimum atomic E-state index is -4.40. The number of hydrogen-bond acceptors (Lipinski definition) is 2. The SMILES string of the molecule is Cc1ncc(C(F)(F)F)cc1CO. The standard InChI is InChI=1S/C8H8F3NO/c1-5-6(4-13)2-7(3-12-5)8(9,10)11/h2-3,13H,4H2,1H3. The summed E-state index contributed by atoms with van der Waals surface area (Å²) in [5.41, 5.74) is -0.215. The van der Waals surface area contributed by atoms with Crippen LogP contribution < -0.4 is 0 Å². The Hall–Kier alpha value is -1.10. The van der Waals surface area contributed by atoms with E-state index in [1.165, 1.54) is 0 Å². The molecule has 0 atom stereocenters. The molecule has 0 aliphatic heterocycles. The molecule has 0 spiro atoms. The molecule has 1 aromatic heterocycles. The number of aliphatic hydroxyl groups is 1. The third-order valence-corrected chi connectivity index (χ3v) is 1.69. The number of hydrogen-bond donors (Lipinski definition) is 1. The van der Waals surface area contributed by atoms with Crippen LogP contribution in [0.15, 0.2) is 12.3 Å². The van der Waals surface area contributed by atoms with Crippen molar-refractivity contribution in [3.63, 3.8) is 0 Å². The molecule has 72 valence electrons. The van der Waals surface area contributed by atoms with Gasteiger partial charge in [0.2, 0.25) is 0 Å². The van der Waals surface area contributed by atoms with Crippen LogP contribution in [0, 0.1) is 6.92 Å². The Balaban J connectivity index is 3.14. The molecule has 0 bridgehead atoms. The molecule has 0 amide bonds. The molecule has 0 aliphatic rings. The van der Waals surface area contributed by atoms with Crippen molar-refractivity contribution in [2.45, 2.75) is 19.7 Å². The second kappa shape index (κ2) is 3.33. The molecule has 1 heterocycles. The van der Waals surface area contributed by atoms with Crippen molar-refractivity contribution in [3.05, 3.63) is 29.1 Å². The number of nitrogens with zero attached hydrogens (tertiary/aromatic N) is 1. The molecule has 0 aromatic carbocycles. The predicted octanol–water partition coefficient (Wildman–Crippen LogP) is 1.90. The lowest BCUT2D eigenvalue weighted by molar-refractivity contribution is -0.137. The van der Waals surface area contributed by atoms with E-state index in [1.54, 1.807) is 6.92 Å². The second-order valence-corrected chi connectivity index (χ2v) is 2.62. The Morgan fingerprint density at radius 1 is 1.46 bits per heavy atom. The fourth-order valence-electron chi connectivity index (χ4n) is 0.894. The Kier molecular flexibility index (Phi) is 2.56. The average molecular weight is 191 g/mol. The van der Waals surface area contributed by atoms with Gasteiger partial charge in [0, 0.05) is 11.9 Å². The van der Waals surface area contributed by atoms with E-state index in [9.17, 15) is 13.2 Å². The lowest BCUT2D eigenvalue weighted by Gasteiger charge is -2.08. The highest BCUT2D eigenvalue weighted by Crippen LogP contribution is 2.29. The smallest absolute Gasteiger partial charge is 0.392 e. The van der Waals surface area contributed by atoms with E-state index in [0.29, 0.717) is 5.69 Å². The number of halogens is 3. The molecule has 0 radical (unpaired) electrons. The van der Waals surface area contributed by atoms with Gasteiger partial charge in [-0.1, -0.05) is 0 Å². The van der Waals surface area contributed by atoms with Crippen LogP contribution >= 0.6 is 0 Å². The first-order valence-corrected chi connectivity index (χ1v) is 3.58. The lowest BCUT2D eigenvalue weighted by atomic mass is 10.1. The molecule has 5 heteroatoms. The first-order valence-electron chi connectivity index (χ1n) is 3.58. The summed E-state index contributed by atoms with van der Waals surface area (Å²) in [6, 6.07) is 0.905. The van der Waals surface area contributed by atoms with Crippen molar-refractivity contribution in [2.24, 2.45) is 0 Å². The largest absolute Gasteiger partial charge is 0.417 e. The Bertz CT molecular complexity index is 309. The van der Waals surface area contributed by atoms with Gasteiger partial charge < -0.3 is 5.11 Å². The molecule has 0 saturated carbocycles. The summed E-state index contributed by atoms with van der Waals surface area (Å²) in [7, 11) is 0. The summed E-state index contributed by atoms with van der Waals surface area (Å²) in [6.07, 6.45) is -3.64. The van der Waals surface area contributed by atoms with Gasteiger partial charge in [-0.3, -0.25) is 4.98 Å². The summed E-state index contributed by atoms with van der Waals surface area (Å²) < 4.78 is 36.3. The molecule has 1 aromatic rings. The van der Waals surface area contributed by atoms with Gasteiger partial charge in [0.15, 0.2) is 0 Å². The van der Waals surface area contributed by atoms with Gasteiger partial charge in [-0.05, 0) is 18.6 Å². The van der Waals surface area contributed by atoms with Crippen LogP contribution in [0.5, 0.6) is 0 Å². The van der Waals surface area contributed by atoms with E-state index in [4.69, 9.17) is 5.11 Å². The van der Waals surface area contributed by atoms with Crippen LogP contribution in [0.2, 0.25) is 0 Å². The normalized spacial score (nSPS) is 11.8. The van der Waals surface area contributed by atoms with E-state index in [1.807, 2.05) is 0 Å². The van der Waals surface area contributed by atoms with Crippen LogP contribution in [0.25, 0.3) is 0 Å². The van der Waals surface area contributed by atoms with Gasteiger partial charge in [-0.15, -0.1) is 0 Å². The van der Waals surface area contributed by atoms with Gasteiger partial charge in [-0.2, -0.15) is 13.2 Å². The number of aliphatic hydroxyl groups excluding tert-OH is 1. The monoisotopic (exact) mass is 191 g/mol. The molecular weight excluding hydrogens is 183 g/mol. The van der Waals surface area contributed by atoms with Gasteiger partial charge >= 0.3 is 6.18 Å². The summed E-state index contributed by atoms with van der Waals surface area (Å²) in [4.78, 5) is 3.54. The highest BCUT2D eigenvalue weighted by molar-refractivity contribution is 5.25. The molecular formula is C8H8F3NO. The molecule has 2 nitrogen and oxygen atoms in total. The number of rotatable bonds is 1.